The molecule has 5 nitrogen and oxygen atoms in total. The van der Waals surface area contributed by atoms with Crippen LogP contribution < -0.4 is 10.7 Å². The van der Waals surface area contributed by atoms with Gasteiger partial charge in [0.1, 0.15) is 0 Å². The summed E-state index contributed by atoms with van der Waals surface area (Å²) in [5, 5.41) is 10.8. The highest BCUT2D eigenvalue weighted by Crippen LogP contribution is 2.21. The second kappa shape index (κ2) is 9.40. The summed E-state index contributed by atoms with van der Waals surface area (Å²) >= 11 is 0. The number of benzene rings is 4. The summed E-state index contributed by atoms with van der Waals surface area (Å²) in [5.41, 5.74) is 6.85. The highest BCUT2D eigenvalue weighted by atomic mass is 16.2. The van der Waals surface area contributed by atoms with Crippen LogP contribution in [-0.2, 0) is 11.3 Å². The van der Waals surface area contributed by atoms with Crippen molar-refractivity contribution in [2.45, 2.75) is 6.54 Å². The Morgan fingerprint density at radius 1 is 0.848 bits per heavy atom. The standard InChI is InChI=1S/C28H24N4O/c33-28(18-29-25-15-14-22-10-4-5-11-23(22)16-25)31-30-17-24-20-32(19-21-8-2-1-3-9-21)27-13-7-6-12-26(24)27/h1-17,20,29H,18-19H2,(H,31,33). The van der Waals surface area contributed by atoms with E-state index >= 15 is 0 Å². The molecule has 5 aromatic rings. The Hall–Kier alpha value is -4.38. The zero-order chi connectivity index (χ0) is 22.5. The third-order valence-corrected chi connectivity index (χ3v) is 5.61. The molecule has 33 heavy (non-hydrogen) atoms. The van der Waals surface area contributed by atoms with Gasteiger partial charge in [0.05, 0.1) is 12.8 Å². The van der Waals surface area contributed by atoms with Crippen LogP contribution in [0.15, 0.2) is 108 Å². The normalized spacial score (nSPS) is 11.3. The number of amides is 1. The Morgan fingerprint density at radius 3 is 2.48 bits per heavy atom. The Labute approximate surface area is 192 Å². The lowest BCUT2D eigenvalue weighted by Crippen LogP contribution is -2.25. The van der Waals surface area contributed by atoms with Gasteiger partial charge in [-0.1, -0.05) is 78.9 Å². The predicted molar refractivity (Wildman–Crippen MR) is 136 cm³/mol. The molecule has 2 N–H and O–H groups in total. The summed E-state index contributed by atoms with van der Waals surface area (Å²) in [4.78, 5) is 12.3. The van der Waals surface area contributed by atoms with E-state index in [4.69, 9.17) is 0 Å². The number of hydrazone groups is 1. The molecular weight excluding hydrogens is 408 g/mol. The SMILES string of the molecule is O=C(CNc1ccc2ccccc2c1)NN=Cc1cn(Cc2ccccc2)c2ccccc12. The van der Waals surface area contributed by atoms with Gasteiger partial charge in [0, 0.05) is 34.9 Å². The molecule has 0 saturated heterocycles. The number of carbonyl (C=O) groups excluding carboxylic acids is 1. The molecule has 0 unspecified atom stereocenters. The van der Waals surface area contributed by atoms with Gasteiger partial charge in [0.25, 0.3) is 5.91 Å². The van der Waals surface area contributed by atoms with Crippen molar-refractivity contribution >= 4 is 39.5 Å². The lowest BCUT2D eigenvalue weighted by atomic mass is 10.1. The van der Waals surface area contributed by atoms with E-state index in [2.05, 4.69) is 63.0 Å². The van der Waals surface area contributed by atoms with Gasteiger partial charge in [-0.3, -0.25) is 4.79 Å². The number of nitrogens with zero attached hydrogens (tertiary/aromatic N) is 2. The zero-order valence-electron chi connectivity index (χ0n) is 18.1. The minimum absolute atomic E-state index is 0.144. The predicted octanol–water partition coefficient (Wildman–Crippen LogP) is 5.41. The Kier molecular flexibility index (Phi) is 5.85. The average molecular weight is 433 g/mol. The van der Waals surface area contributed by atoms with Crippen LogP contribution in [0, 0.1) is 0 Å². The number of hydrogen-bond acceptors (Lipinski definition) is 3. The number of para-hydroxylation sites is 1. The van der Waals surface area contributed by atoms with Crippen molar-refractivity contribution in [3.8, 4) is 0 Å². The lowest BCUT2D eigenvalue weighted by molar-refractivity contribution is -0.119. The molecule has 0 spiro atoms. The lowest BCUT2D eigenvalue weighted by Gasteiger charge is -2.06. The molecular formula is C28H24N4O. The van der Waals surface area contributed by atoms with Crippen LogP contribution in [0.1, 0.15) is 11.1 Å². The third-order valence-electron chi connectivity index (χ3n) is 5.61. The number of fused-ring (bicyclic) bond motifs is 2. The van der Waals surface area contributed by atoms with E-state index in [1.54, 1.807) is 6.21 Å². The minimum Gasteiger partial charge on any atom is -0.376 e. The fourth-order valence-corrected chi connectivity index (χ4v) is 3.98. The van der Waals surface area contributed by atoms with Gasteiger partial charge < -0.3 is 9.88 Å². The number of nitrogens with one attached hydrogen (secondary N) is 2. The van der Waals surface area contributed by atoms with Crippen LogP contribution in [0.5, 0.6) is 0 Å². The average Bonchev–Trinajstić information content (AvgIpc) is 3.20. The minimum atomic E-state index is -0.201. The number of aromatic nitrogens is 1. The monoisotopic (exact) mass is 432 g/mol. The molecule has 1 amide bonds. The molecule has 5 rings (SSSR count). The maximum Gasteiger partial charge on any atom is 0.259 e. The van der Waals surface area contributed by atoms with Crippen LogP contribution in [0.4, 0.5) is 5.69 Å². The van der Waals surface area contributed by atoms with Gasteiger partial charge >= 0.3 is 0 Å². The summed E-state index contributed by atoms with van der Waals surface area (Å²) in [7, 11) is 0. The van der Waals surface area contributed by atoms with Crippen LogP contribution in [0.3, 0.4) is 0 Å². The molecule has 0 aliphatic heterocycles. The molecule has 0 radical (unpaired) electrons. The van der Waals surface area contributed by atoms with Crippen LogP contribution in [-0.4, -0.2) is 23.2 Å². The second-order valence-corrected chi connectivity index (χ2v) is 7.92. The first-order valence-corrected chi connectivity index (χ1v) is 10.9. The third kappa shape index (κ3) is 4.77. The Balaban J connectivity index is 1.24. The van der Waals surface area contributed by atoms with Gasteiger partial charge in [-0.2, -0.15) is 5.10 Å². The number of anilines is 1. The van der Waals surface area contributed by atoms with Crippen LogP contribution >= 0.6 is 0 Å². The molecule has 4 aromatic carbocycles. The van der Waals surface area contributed by atoms with Gasteiger partial charge in [0.15, 0.2) is 0 Å². The summed E-state index contributed by atoms with van der Waals surface area (Å²) in [6.45, 7) is 0.919. The number of carbonyl (C=O) groups is 1. The Bertz CT molecular complexity index is 1440. The van der Waals surface area contributed by atoms with Gasteiger partial charge in [0.2, 0.25) is 0 Å². The van der Waals surface area contributed by atoms with Crippen molar-refractivity contribution in [2.24, 2.45) is 5.10 Å². The van der Waals surface area contributed by atoms with E-state index < -0.39 is 0 Å². The zero-order valence-corrected chi connectivity index (χ0v) is 18.1. The molecule has 0 bridgehead atoms. The first-order valence-electron chi connectivity index (χ1n) is 10.9. The highest BCUT2D eigenvalue weighted by molar-refractivity contribution is 5.99. The van der Waals surface area contributed by atoms with Gasteiger partial charge in [-0.15, -0.1) is 0 Å². The van der Waals surface area contributed by atoms with Gasteiger partial charge in [-0.25, -0.2) is 5.43 Å². The Morgan fingerprint density at radius 2 is 1.61 bits per heavy atom. The highest BCUT2D eigenvalue weighted by Gasteiger charge is 2.07. The smallest absolute Gasteiger partial charge is 0.259 e. The van der Waals surface area contributed by atoms with E-state index in [0.29, 0.717) is 0 Å². The molecule has 0 aliphatic rings. The topological polar surface area (TPSA) is 58.4 Å². The van der Waals surface area contributed by atoms with Crippen LogP contribution in [0.2, 0.25) is 0 Å². The van der Waals surface area contributed by atoms with Crippen molar-refractivity contribution < 1.29 is 4.79 Å². The quantitative estimate of drug-likeness (QED) is 0.267. The summed E-state index contributed by atoms with van der Waals surface area (Å²) < 4.78 is 2.20. The number of hydrogen-bond donors (Lipinski definition) is 2. The molecule has 0 fully saturated rings. The maximum atomic E-state index is 12.3. The van der Waals surface area contributed by atoms with Gasteiger partial charge in [-0.05, 0) is 34.5 Å². The van der Waals surface area contributed by atoms with Crippen molar-refractivity contribution in [3.63, 3.8) is 0 Å². The molecule has 162 valence electrons. The maximum absolute atomic E-state index is 12.3. The molecule has 0 saturated carbocycles. The first kappa shape index (κ1) is 20.5. The molecule has 1 aromatic heterocycles. The van der Waals surface area contributed by atoms with E-state index in [0.717, 1.165) is 34.1 Å². The van der Waals surface area contributed by atoms with Crippen molar-refractivity contribution in [2.75, 3.05) is 11.9 Å². The summed E-state index contributed by atoms with van der Waals surface area (Å²) in [5.74, 6) is -0.201. The van der Waals surface area contributed by atoms with Crippen molar-refractivity contribution in [1.29, 1.82) is 0 Å². The fraction of sp³-hybridized carbons (Fsp3) is 0.0714. The first-order chi connectivity index (χ1) is 16.3. The molecule has 5 heteroatoms. The van der Waals surface area contributed by atoms with Crippen molar-refractivity contribution in [1.82, 2.24) is 9.99 Å². The van der Waals surface area contributed by atoms with E-state index in [9.17, 15) is 4.79 Å². The molecule has 1 heterocycles. The second-order valence-electron chi connectivity index (χ2n) is 7.92. The molecule has 0 aliphatic carbocycles. The number of rotatable bonds is 7. The fourth-order valence-electron chi connectivity index (χ4n) is 3.98. The van der Waals surface area contributed by atoms with E-state index in [-0.39, 0.29) is 12.5 Å². The van der Waals surface area contributed by atoms with Crippen molar-refractivity contribution in [3.05, 3.63) is 114 Å². The molecule has 0 atom stereocenters. The summed E-state index contributed by atoms with van der Waals surface area (Å²) in [6, 6.07) is 32.7. The van der Waals surface area contributed by atoms with Crippen LogP contribution in [0.25, 0.3) is 21.7 Å². The van der Waals surface area contributed by atoms with E-state index in [1.165, 1.54) is 10.9 Å². The largest absolute Gasteiger partial charge is 0.376 e. The van der Waals surface area contributed by atoms with E-state index in [1.807, 2.05) is 60.7 Å². The summed E-state index contributed by atoms with van der Waals surface area (Å²) in [6.07, 6.45) is 3.78.